The molecule has 0 bridgehead atoms. The van der Waals surface area contributed by atoms with Crippen LogP contribution in [-0.4, -0.2) is 40.3 Å². The van der Waals surface area contributed by atoms with Crippen molar-refractivity contribution in [2.45, 2.75) is 26.4 Å². The van der Waals surface area contributed by atoms with Gasteiger partial charge in [-0.3, -0.25) is 0 Å². The molecule has 1 heterocycles. The number of aliphatic hydroxyl groups is 1. The van der Waals surface area contributed by atoms with Gasteiger partial charge in [-0.15, -0.1) is 0 Å². The molecule has 1 unspecified atom stereocenters. The summed E-state index contributed by atoms with van der Waals surface area (Å²) in [6.45, 7) is 4.33. The number of hydrogen-bond acceptors (Lipinski definition) is 7. The van der Waals surface area contributed by atoms with Crippen molar-refractivity contribution >= 4 is 0 Å². The molecule has 0 saturated carbocycles. The summed E-state index contributed by atoms with van der Waals surface area (Å²) < 4.78 is 34.2. The molecule has 4 rings (SSSR count). The third kappa shape index (κ3) is 2.91. The van der Waals surface area contributed by atoms with E-state index < -0.39 is 6.10 Å². The molecule has 162 valence electrons. The number of benzene rings is 2. The molecule has 2 aromatic carbocycles. The molecule has 2 aliphatic rings. The Bertz CT molecular complexity index is 969. The van der Waals surface area contributed by atoms with Crippen LogP contribution in [0.25, 0.3) is 11.1 Å². The summed E-state index contributed by atoms with van der Waals surface area (Å²) >= 11 is 0. The summed E-state index contributed by atoms with van der Waals surface area (Å²) in [5.74, 6) is 3.40. The van der Waals surface area contributed by atoms with Crippen LogP contribution in [0.5, 0.6) is 34.5 Å². The van der Waals surface area contributed by atoms with E-state index in [1.54, 1.807) is 28.4 Å². The van der Waals surface area contributed by atoms with E-state index in [9.17, 15) is 5.11 Å². The highest BCUT2D eigenvalue weighted by molar-refractivity contribution is 5.88. The first kappa shape index (κ1) is 20.5. The second-order valence-electron chi connectivity index (χ2n) is 7.77. The summed E-state index contributed by atoms with van der Waals surface area (Å²) in [7, 11) is 6.31. The second kappa shape index (κ2) is 7.80. The third-order valence-corrected chi connectivity index (χ3v) is 6.27. The first-order valence-electron chi connectivity index (χ1n) is 9.97. The van der Waals surface area contributed by atoms with E-state index in [1.807, 2.05) is 12.1 Å². The first-order chi connectivity index (χ1) is 14.5. The average molecular weight is 416 g/mol. The van der Waals surface area contributed by atoms with E-state index in [0.717, 1.165) is 17.5 Å². The van der Waals surface area contributed by atoms with Crippen LogP contribution in [0.4, 0.5) is 0 Å². The molecule has 0 fully saturated rings. The molecular weight excluding hydrogens is 388 g/mol. The van der Waals surface area contributed by atoms with Gasteiger partial charge in [-0.1, -0.05) is 13.8 Å². The van der Waals surface area contributed by atoms with Crippen molar-refractivity contribution in [3.05, 3.63) is 23.3 Å². The molecule has 0 saturated heterocycles. The Labute approximate surface area is 176 Å². The molecular formula is C23H28O7. The molecule has 0 radical (unpaired) electrons. The van der Waals surface area contributed by atoms with Crippen LogP contribution in [0.15, 0.2) is 12.1 Å². The van der Waals surface area contributed by atoms with Gasteiger partial charge < -0.3 is 33.5 Å². The number of rotatable bonds is 4. The maximum atomic E-state index is 11.3. The monoisotopic (exact) mass is 416 g/mol. The van der Waals surface area contributed by atoms with Crippen molar-refractivity contribution < 1.29 is 33.5 Å². The van der Waals surface area contributed by atoms with Crippen LogP contribution in [0.2, 0.25) is 0 Å². The molecule has 3 atom stereocenters. The topological polar surface area (TPSA) is 75.6 Å². The summed E-state index contributed by atoms with van der Waals surface area (Å²) in [6.07, 6.45) is 0.00399. The fraction of sp³-hybridized carbons (Fsp3) is 0.478. The van der Waals surface area contributed by atoms with E-state index in [2.05, 4.69) is 13.8 Å². The molecule has 2 aromatic rings. The van der Waals surface area contributed by atoms with Crippen LogP contribution >= 0.6 is 0 Å². The molecule has 1 aliphatic carbocycles. The Morgan fingerprint density at radius 1 is 0.867 bits per heavy atom. The molecule has 0 aromatic heterocycles. The third-order valence-electron chi connectivity index (χ3n) is 6.27. The lowest BCUT2D eigenvalue weighted by atomic mass is 9.76. The molecule has 7 nitrogen and oxygen atoms in total. The highest BCUT2D eigenvalue weighted by Gasteiger charge is 2.37. The van der Waals surface area contributed by atoms with Crippen molar-refractivity contribution in [2.24, 2.45) is 11.8 Å². The van der Waals surface area contributed by atoms with Crippen LogP contribution in [-0.2, 0) is 6.42 Å². The fourth-order valence-corrected chi connectivity index (χ4v) is 4.49. The first-order valence-corrected chi connectivity index (χ1v) is 9.97. The standard InChI is InChI=1S/C23H28O7/c1-11-7-13-8-16-21(30-10-29-16)22(27-5)17(13)18-14(19(24)12(11)2)9-15(25-3)20(26-4)23(18)28-6/h8-9,11-12,19,24H,7,10H2,1-6H3/t11-,12?,19-/m1/s1. The Morgan fingerprint density at radius 2 is 1.57 bits per heavy atom. The van der Waals surface area contributed by atoms with Crippen LogP contribution in [0, 0.1) is 11.8 Å². The van der Waals surface area contributed by atoms with Gasteiger partial charge in [0.05, 0.1) is 34.5 Å². The fourth-order valence-electron chi connectivity index (χ4n) is 4.49. The quantitative estimate of drug-likeness (QED) is 0.808. The zero-order chi connectivity index (χ0) is 21.6. The van der Waals surface area contributed by atoms with Gasteiger partial charge in [0.1, 0.15) is 0 Å². The van der Waals surface area contributed by atoms with Crippen LogP contribution in [0.3, 0.4) is 0 Å². The molecule has 7 heteroatoms. The summed E-state index contributed by atoms with van der Waals surface area (Å²) in [4.78, 5) is 0. The Balaban J connectivity index is 2.16. The van der Waals surface area contributed by atoms with Crippen molar-refractivity contribution in [3.8, 4) is 45.6 Å². The smallest absolute Gasteiger partial charge is 0.231 e. The van der Waals surface area contributed by atoms with Crippen molar-refractivity contribution in [3.63, 3.8) is 0 Å². The Hall–Kier alpha value is -2.80. The van der Waals surface area contributed by atoms with E-state index >= 15 is 0 Å². The van der Waals surface area contributed by atoms with E-state index in [4.69, 9.17) is 28.4 Å². The van der Waals surface area contributed by atoms with Gasteiger partial charge in [-0.2, -0.15) is 0 Å². The minimum Gasteiger partial charge on any atom is -0.493 e. The van der Waals surface area contributed by atoms with Gasteiger partial charge in [0, 0.05) is 11.1 Å². The lowest BCUT2D eigenvalue weighted by Crippen LogP contribution is -2.22. The van der Waals surface area contributed by atoms with Crippen LogP contribution in [0.1, 0.15) is 31.1 Å². The highest BCUT2D eigenvalue weighted by Crippen LogP contribution is 2.57. The van der Waals surface area contributed by atoms with Gasteiger partial charge in [0.2, 0.25) is 18.3 Å². The maximum Gasteiger partial charge on any atom is 0.231 e. The number of aliphatic hydroxyl groups excluding tert-OH is 1. The average Bonchev–Trinajstić information content (AvgIpc) is 3.23. The lowest BCUT2D eigenvalue weighted by Gasteiger charge is -2.33. The summed E-state index contributed by atoms with van der Waals surface area (Å²) in [6, 6.07) is 3.82. The predicted octanol–water partition coefficient (Wildman–Crippen LogP) is 3.98. The zero-order valence-electron chi connectivity index (χ0n) is 18.2. The Kier molecular flexibility index (Phi) is 5.32. The van der Waals surface area contributed by atoms with Crippen molar-refractivity contribution in [2.75, 3.05) is 35.2 Å². The number of fused-ring (bicyclic) bond motifs is 4. The van der Waals surface area contributed by atoms with Crippen molar-refractivity contribution in [1.29, 1.82) is 0 Å². The van der Waals surface area contributed by atoms with E-state index in [0.29, 0.717) is 45.6 Å². The number of methoxy groups -OCH3 is 4. The number of hydrogen-bond donors (Lipinski definition) is 1. The molecule has 1 aliphatic heterocycles. The van der Waals surface area contributed by atoms with Gasteiger partial charge in [0.15, 0.2) is 23.0 Å². The Morgan fingerprint density at radius 3 is 2.20 bits per heavy atom. The summed E-state index contributed by atoms with van der Waals surface area (Å²) in [5.41, 5.74) is 3.26. The van der Waals surface area contributed by atoms with Gasteiger partial charge in [-0.05, 0) is 41.5 Å². The zero-order valence-corrected chi connectivity index (χ0v) is 18.2. The molecule has 1 N–H and O–H groups in total. The van der Waals surface area contributed by atoms with Gasteiger partial charge >= 0.3 is 0 Å². The molecule has 0 amide bonds. The SMILES string of the molecule is COc1cc2c(c(OC)c1OC)-c1c(cc3c(c1OC)OCO3)C[C@@H](C)C(C)[C@H]2O. The minimum atomic E-state index is -0.730. The molecule has 30 heavy (non-hydrogen) atoms. The second-order valence-corrected chi connectivity index (χ2v) is 7.77. The summed E-state index contributed by atoms with van der Waals surface area (Å²) in [5, 5.41) is 11.3. The minimum absolute atomic E-state index is 0.00359. The predicted molar refractivity (Wildman–Crippen MR) is 111 cm³/mol. The van der Waals surface area contributed by atoms with Gasteiger partial charge in [0.25, 0.3) is 0 Å². The lowest BCUT2D eigenvalue weighted by molar-refractivity contribution is 0.0863. The maximum absolute atomic E-state index is 11.3. The highest BCUT2D eigenvalue weighted by atomic mass is 16.7. The normalized spacial score (nSPS) is 21.8. The van der Waals surface area contributed by atoms with Crippen LogP contribution < -0.4 is 28.4 Å². The van der Waals surface area contributed by atoms with E-state index in [1.165, 1.54) is 0 Å². The largest absolute Gasteiger partial charge is 0.493 e. The van der Waals surface area contributed by atoms with E-state index in [-0.39, 0.29) is 18.6 Å². The molecule has 0 spiro atoms. The van der Waals surface area contributed by atoms with Crippen molar-refractivity contribution in [1.82, 2.24) is 0 Å². The van der Waals surface area contributed by atoms with Gasteiger partial charge in [-0.25, -0.2) is 0 Å². The number of ether oxygens (including phenoxy) is 6.